The van der Waals surface area contributed by atoms with Crippen molar-refractivity contribution in [2.24, 2.45) is 11.8 Å². The second-order valence-electron chi connectivity index (χ2n) is 6.82. The lowest BCUT2D eigenvalue weighted by molar-refractivity contribution is 0.134. The lowest BCUT2D eigenvalue weighted by Gasteiger charge is -2.35. The zero-order valence-electron chi connectivity index (χ0n) is 13.4. The van der Waals surface area contributed by atoms with Crippen LogP contribution >= 0.6 is 0 Å². The van der Waals surface area contributed by atoms with Gasteiger partial charge in [-0.3, -0.25) is 4.90 Å². The molecule has 0 bridgehead atoms. The Morgan fingerprint density at radius 1 is 1.27 bits per heavy atom. The number of phenols is 1. The number of nitrogens with zero attached hydrogens (tertiary/aromatic N) is 1. The number of rotatable bonds is 2. The lowest BCUT2D eigenvalue weighted by Crippen LogP contribution is -2.38. The summed E-state index contributed by atoms with van der Waals surface area (Å²) >= 11 is 0. The van der Waals surface area contributed by atoms with Crippen LogP contribution < -0.4 is 5.63 Å². The minimum atomic E-state index is -0.352. The van der Waals surface area contributed by atoms with E-state index in [9.17, 15) is 9.90 Å². The monoisotopic (exact) mass is 301 g/mol. The molecule has 2 atom stereocenters. The predicted molar refractivity (Wildman–Crippen MR) is 87.1 cm³/mol. The molecular formula is C18H23NO3. The van der Waals surface area contributed by atoms with Crippen LogP contribution in [0.5, 0.6) is 5.75 Å². The molecule has 2 aromatic rings. The summed E-state index contributed by atoms with van der Waals surface area (Å²) in [5, 5.41) is 10.7. The summed E-state index contributed by atoms with van der Waals surface area (Å²) in [7, 11) is 0. The minimum Gasteiger partial charge on any atom is -0.508 e. The molecule has 0 spiro atoms. The molecule has 0 saturated carbocycles. The van der Waals surface area contributed by atoms with Crippen molar-refractivity contribution in [2.75, 3.05) is 13.1 Å². The first-order valence-corrected chi connectivity index (χ1v) is 7.91. The second kappa shape index (κ2) is 5.76. The molecule has 4 heteroatoms. The average Bonchev–Trinajstić information content (AvgIpc) is 2.42. The highest BCUT2D eigenvalue weighted by Gasteiger charge is 2.22. The van der Waals surface area contributed by atoms with Crippen molar-refractivity contribution < 1.29 is 9.52 Å². The van der Waals surface area contributed by atoms with Crippen molar-refractivity contribution >= 4 is 11.0 Å². The number of benzene rings is 1. The maximum absolute atomic E-state index is 11.9. The number of phenolic OH excluding ortho intramolecular Hbond substituents is 1. The summed E-state index contributed by atoms with van der Waals surface area (Å²) < 4.78 is 5.31. The molecule has 1 saturated heterocycles. The third-order valence-electron chi connectivity index (χ3n) is 4.56. The molecule has 0 radical (unpaired) electrons. The minimum absolute atomic E-state index is 0.160. The van der Waals surface area contributed by atoms with Gasteiger partial charge in [0.15, 0.2) is 0 Å². The van der Waals surface area contributed by atoms with E-state index in [1.165, 1.54) is 6.42 Å². The van der Waals surface area contributed by atoms with Crippen molar-refractivity contribution in [2.45, 2.75) is 33.7 Å². The van der Waals surface area contributed by atoms with Gasteiger partial charge < -0.3 is 9.52 Å². The Morgan fingerprint density at radius 3 is 2.64 bits per heavy atom. The molecule has 22 heavy (non-hydrogen) atoms. The van der Waals surface area contributed by atoms with Crippen molar-refractivity contribution in [3.05, 3.63) is 39.7 Å². The van der Waals surface area contributed by atoms with Gasteiger partial charge in [-0.25, -0.2) is 4.79 Å². The van der Waals surface area contributed by atoms with Crippen LogP contribution in [-0.4, -0.2) is 23.1 Å². The van der Waals surface area contributed by atoms with E-state index in [0.29, 0.717) is 23.0 Å². The molecule has 0 aliphatic carbocycles. The van der Waals surface area contributed by atoms with Gasteiger partial charge in [-0.05, 0) is 42.9 Å². The van der Waals surface area contributed by atoms with Crippen molar-refractivity contribution in [3.63, 3.8) is 0 Å². The Bertz CT molecular complexity index is 740. The molecule has 1 aromatic heterocycles. The van der Waals surface area contributed by atoms with Crippen LogP contribution in [-0.2, 0) is 6.54 Å². The highest BCUT2D eigenvalue weighted by Crippen LogP contribution is 2.29. The summed E-state index contributed by atoms with van der Waals surface area (Å²) in [5.41, 5.74) is 1.75. The molecule has 118 valence electrons. The third kappa shape index (κ3) is 2.88. The number of likely N-dealkylation sites (tertiary alicyclic amines) is 1. The van der Waals surface area contributed by atoms with Crippen LogP contribution in [0, 0.1) is 18.8 Å². The van der Waals surface area contributed by atoms with Gasteiger partial charge in [0.1, 0.15) is 11.3 Å². The fourth-order valence-corrected chi connectivity index (χ4v) is 3.71. The summed E-state index contributed by atoms with van der Waals surface area (Å²) in [6.07, 6.45) is 1.27. The zero-order chi connectivity index (χ0) is 15.9. The average molecular weight is 301 g/mol. The molecule has 3 rings (SSSR count). The number of fused-ring (bicyclic) bond motifs is 1. The third-order valence-corrected chi connectivity index (χ3v) is 4.56. The quantitative estimate of drug-likeness (QED) is 0.865. The van der Waals surface area contributed by atoms with Crippen molar-refractivity contribution in [3.8, 4) is 5.75 Å². The molecule has 1 aliphatic heterocycles. The predicted octanol–water partition coefficient (Wildman–Crippen LogP) is 3.28. The van der Waals surface area contributed by atoms with E-state index in [1.54, 1.807) is 19.1 Å². The Morgan fingerprint density at radius 2 is 1.95 bits per heavy atom. The number of hydrogen-bond acceptors (Lipinski definition) is 4. The van der Waals surface area contributed by atoms with Gasteiger partial charge in [-0.1, -0.05) is 13.8 Å². The smallest absolute Gasteiger partial charge is 0.336 e. The topological polar surface area (TPSA) is 53.7 Å². The molecule has 1 N–H and O–H groups in total. The molecule has 1 aromatic carbocycles. The zero-order valence-corrected chi connectivity index (χ0v) is 13.4. The summed E-state index contributed by atoms with van der Waals surface area (Å²) in [5.74, 6) is 1.52. The largest absolute Gasteiger partial charge is 0.508 e. The highest BCUT2D eigenvalue weighted by atomic mass is 16.4. The van der Waals surface area contributed by atoms with Gasteiger partial charge in [0, 0.05) is 36.7 Å². The number of piperidine rings is 1. The summed E-state index contributed by atoms with van der Waals surface area (Å²) in [6.45, 7) is 9.20. The first kappa shape index (κ1) is 15.1. The second-order valence-corrected chi connectivity index (χ2v) is 6.82. The van der Waals surface area contributed by atoms with Gasteiger partial charge in [0.05, 0.1) is 0 Å². The van der Waals surface area contributed by atoms with Crippen molar-refractivity contribution in [1.82, 2.24) is 4.90 Å². The fourth-order valence-electron chi connectivity index (χ4n) is 3.71. The maximum Gasteiger partial charge on any atom is 0.336 e. The normalized spacial score (nSPS) is 23.0. The van der Waals surface area contributed by atoms with Gasteiger partial charge >= 0.3 is 5.63 Å². The molecule has 0 amide bonds. The van der Waals surface area contributed by atoms with Crippen LogP contribution in [0.15, 0.2) is 27.4 Å². The van der Waals surface area contributed by atoms with Gasteiger partial charge in [-0.15, -0.1) is 0 Å². The molecule has 4 nitrogen and oxygen atoms in total. The van der Waals surface area contributed by atoms with E-state index in [0.717, 1.165) is 30.6 Å². The first-order valence-electron chi connectivity index (χ1n) is 7.91. The number of aromatic hydroxyl groups is 1. The van der Waals surface area contributed by atoms with Gasteiger partial charge in [0.2, 0.25) is 0 Å². The summed E-state index contributed by atoms with van der Waals surface area (Å²) in [6, 6.07) is 5.10. The van der Waals surface area contributed by atoms with E-state index in [4.69, 9.17) is 4.42 Å². The Labute approximate surface area is 130 Å². The molecule has 1 fully saturated rings. The Hall–Kier alpha value is -1.81. The fraction of sp³-hybridized carbons (Fsp3) is 0.500. The van der Waals surface area contributed by atoms with Crippen LogP contribution in [0.3, 0.4) is 0 Å². The number of hydrogen-bond donors (Lipinski definition) is 1. The number of aryl methyl sites for hydroxylation is 1. The van der Waals surface area contributed by atoms with Gasteiger partial charge in [0.25, 0.3) is 0 Å². The highest BCUT2D eigenvalue weighted by molar-refractivity contribution is 5.84. The van der Waals surface area contributed by atoms with Crippen LogP contribution in [0.4, 0.5) is 0 Å². The maximum atomic E-state index is 11.9. The Kier molecular flexibility index (Phi) is 3.96. The first-order chi connectivity index (χ1) is 10.4. The molecule has 1 aliphatic rings. The van der Waals surface area contributed by atoms with E-state index in [2.05, 4.69) is 18.7 Å². The van der Waals surface area contributed by atoms with Crippen LogP contribution in [0.1, 0.15) is 31.4 Å². The van der Waals surface area contributed by atoms with Gasteiger partial charge in [-0.2, -0.15) is 0 Å². The SMILES string of the molecule is Cc1c(O)ccc2c(CN3CC(C)CC(C)C3)cc(=O)oc12. The molecular weight excluding hydrogens is 278 g/mol. The molecule has 2 unspecified atom stereocenters. The van der Waals surface area contributed by atoms with E-state index >= 15 is 0 Å². The van der Waals surface area contributed by atoms with Crippen molar-refractivity contribution in [1.29, 1.82) is 0 Å². The van der Waals surface area contributed by atoms with Crippen LogP contribution in [0.25, 0.3) is 11.0 Å². The van der Waals surface area contributed by atoms with E-state index < -0.39 is 0 Å². The van der Waals surface area contributed by atoms with E-state index in [1.807, 2.05) is 6.07 Å². The van der Waals surface area contributed by atoms with Crippen LogP contribution in [0.2, 0.25) is 0 Å². The molecule has 2 heterocycles. The lowest BCUT2D eigenvalue weighted by atomic mass is 9.91. The Balaban J connectivity index is 2.00. The standard InChI is InChI=1S/C18H23NO3/c1-11-6-12(2)9-19(8-11)10-14-7-17(21)22-18-13(3)16(20)5-4-15(14)18/h4-5,7,11-12,20H,6,8-10H2,1-3H3. The van der Waals surface area contributed by atoms with E-state index in [-0.39, 0.29) is 11.4 Å². The summed E-state index contributed by atoms with van der Waals surface area (Å²) in [4.78, 5) is 14.3.